The van der Waals surface area contributed by atoms with Gasteiger partial charge in [0.05, 0.1) is 17.5 Å². The van der Waals surface area contributed by atoms with Gasteiger partial charge in [-0.1, -0.05) is 11.6 Å². The lowest BCUT2D eigenvalue weighted by Gasteiger charge is -2.15. The van der Waals surface area contributed by atoms with Crippen LogP contribution in [-0.2, 0) is 16.6 Å². The van der Waals surface area contributed by atoms with E-state index >= 15 is 0 Å². The van der Waals surface area contributed by atoms with E-state index in [0.29, 0.717) is 24.7 Å². The quantitative estimate of drug-likeness (QED) is 0.689. The van der Waals surface area contributed by atoms with Crippen LogP contribution in [0.15, 0.2) is 6.20 Å². The number of ether oxygens (including phenoxy) is 1. The molecule has 0 aromatic carbocycles. The first-order valence-electron chi connectivity index (χ1n) is 5.71. The molecule has 3 rings (SSSR count). The number of carbonyl (C=O) groups excluding carboxylic acids is 2. The Labute approximate surface area is 108 Å². The Balaban J connectivity index is 1.79. The van der Waals surface area contributed by atoms with Crippen molar-refractivity contribution in [2.45, 2.75) is 0 Å². The standard InChI is InChI=1S/C11H12ClN3O3/c1-14-4-8(12)9(13-14)10(16)15-2-6-5-18-11(17)7(6)3-15/h4,6-7H,2-3,5H2,1H3/t6-,7-/m1/s1. The summed E-state index contributed by atoms with van der Waals surface area (Å²) in [4.78, 5) is 25.3. The van der Waals surface area contributed by atoms with Crippen LogP contribution in [0.2, 0.25) is 5.02 Å². The summed E-state index contributed by atoms with van der Waals surface area (Å²) in [6.45, 7) is 1.33. The maximum Gasteiger partial charge on any atom is 0.311 e. The number of likely N-dealkylation sites (tertiary alicyclic amines) is 1. The smallest absolute Gasteiger partial charge is 0.311 e. The topological polar surface area (TPSA) is 64.4 Å². The molecule has 1 aromatic heterocycles. The second-order valence-electron chi connectivity index (χ2n) is 4.71. The monoisotopic (exact) mass is 269 g/mol. The number of esters is 1. The van der Waals surface area contributed by atoms with E-state index < -0.39 is 0 Å². The predicted molar refractivity (Wildman–Crippen MR) is 62.1 cm³/mol. The lowest BCUT2D eigenvalue weighted by atomic mass is 10.0. The number of hydrogen-bond acceptors (Lipinski definition) is 4. The van der Waals surface area contributed by atoms with E-state index in [-0.39, 0.29) is 29.4 Å². The van der Waals surface area contributed by atoms with Crippen molar-refractivity contribution in [2.24, 2.45) is 18.9 Å². The number of aryl methyl sites for hydroxylation is 1. The molecule has 3 heterocycles. The van der Waals surface area contributed by atoms with Crippen LogP contribution in [0.1, 0.15) is 10.5 Å². The minimum atomic E-state index is -0.220. The molecule has 0 unspecified atom stereocenters. The second-order valence-corrected chi connectivity index (χ2v) is 5.11. The first-order chi connectivity index (χ1) is 8.56. The van der Waals surface area contributed by atoms with E-state index in [2.05, 4.69) is 5.10 Å². The summed E-state index contributed by atoms with van der Waals surface area (Å²) >= 11 is 5.95. The average Bonchev–Trinajstić information content (AvgIpc) is 2.96. The van der Waals surface area contributed by atoms with Crippen LogP contribution >= 0.6 is 11.6 Å². The molecule has 18 heavy (non-hydrogen) atoms. The number of aromatic nitrogens is 2. The van der Waals surface area contributed by atoms with Crippen molar-refractivity contribution in [1.29, 1.82) is 0 Å². The van der Waals surface area contributed by atoms with Crippen LogP contribution in [0, 0.1) is 11.8 Å². The van der Waals surface area contributed by atoms with E-state index in [9.17, 15) is 9.59 Å². The van der Waals surface area contributed by atoms with Crippen molar-refractivity contribution in [3.05, 3.63) is 16.9 Å². The summed E-state index contributed by atoms with van der Waals surface area (Å²) in [7, 11) is 1.71. The molecule has 0 aliphatic carbocycles. The number of amides is 1. The summed E-state index contributed by atoms with van der Waals surface area (Å²) in [6.07, 6.45) is 1.58. The van der Waals surface area contributed by atoms with Crippen molar-refractivity contribution in [2.75, 3.05) is 19.7 Å². The normalized spacial score (nSPS) is 26.3. The molecule has 1 aromatic rings. The van der Waals surface area contributed by atoms with Gasteiger partial charge in [-0.3, -0.25) is 14.3 Å². The zero-order valence-electron chi connectivity index (χ0n) is 9.80. The number of fused-ring (bicyclic) bond motifs is 1. The number of carbonyl (C=O) groups is 2. The SMILES string of the molecule is Cn1cc(Cl)c(C(=O)N2C[C@@H]3COC(=O)[C@@H]3C2)n1. The van der Waals surface area contributed by atoms with Crippen molar-refractivity contribution in [1.82, 2.24) is 14.7 Å². The lowest BCUT2D eigenvalue weighted by molar-refractivity contribution is -0.141. The third kappa shape index (κ3) is 1.68. The highest BCUT2D eigenvalue weighted by Gasteiger charge is 2.46. The molecule has 0 bridgehead atoms. The van der Waals surface area contributed by atoms with Gasteiger partial charge in [0.25, 0.3) is 5.91 Å². The molecule has 6 nitrogen and oxygen atoms in total. The van der Waals surface area contributed by atoms with E-state index in [1.54, 1.807) is 18.1 Å². The Hall–Kier alpha value is -1.56. The Kier molecular flexibility index (Phi) is 2.55. The number of hydrogen-bond donors (Lipinski definition) is 0. The number of nitrogens with zero attached hydrogens (tertiary/aromatic N) is 3. The van der Waals surface area contributed by atoms with E-state index in [0.717, 1.165) is 0 Å². The summed E-state index contributed by atoms with van der Waals surface area (Å²) in [5, 5.41) is 4.38. The minimum Gasteiger partial charge on any atom is -0.465 e. The molecule has 0 saturated carbocycles. The van der Waals surface area contributed by atoms with Gasteiger partial charge in [0.2, 0.25) is 0 Å². The molecule has 2 aliphatic heterocycles. The number of halogens is 1. The van der Waals surface area contributed by atoms with Gasteiger partial charge in [0.15, 0.2) is 5.69 Å². The Bertz CT molecular complexity index is 528. The highest BCUT2D eigenvalue weighted by Crippen LogP contribution is 2.31. The molecular formula is C11H12ClN3O3. The molecule has 0 radical (unpaired) electrons. The first kappa shape index (κ1) is 11.5. The van der Waals surface area contributed by atoms with E-state index in [1.807, 2.05) is 0 Å². The van der Waals surface area contributed by atoms with Crippen LogP contribution in [0.3, 0.4) is 0 Å². The fourth-order valence-corrected chi connectivity index (χ4v) is 2.78. The third-order valence-electron chi connectivity index (χ3n) is 3.46. The van der Waals surface area contributed by atoms with Crippen molar-refractivity contribution >= 4 is 23.5 Å². The number of cyclic esters (lactones) is 1. The fraction of sp³-hybridized carbons (Fsp3) is 0.545. The molecule has 7 heteroatoms. The van der Waals surface area contributed by atoms with Gasteiger partial charge >= 0.3 is 5.97 Å². The third-order valence-corrected chi connectivity index (χ3v) is 3.73. The van der Waals surface area contributed by atoms with Crippen molar-refractivity contribution < 1.29 is 14.3 Å². The summed E-state index contributed by atoms with van der Waals surface area (Å²) in [5.74, 6) is -0.495. The van der Waals surface area contributed by atoms with Crippen molar-refractivity contribution in [3.8, 4) is 0 Å². The fourth-order valence-electron chi connectivity index (χ4n) is 2.52. The lowest BCUT2D eigenvalue weighted by Crippen LogP contribution is -2.31. The highest BCUT2D eigenvalue weighted by atomic mass is 35.5. The Morgan fingerprint density at radius 3 is 2.94 bits per heavy atom. The van der Waals surface area contributed by atoms with E-state index in [4.69, 9.17) is 16.3 Å². The van der Waals surface area contributed by atoms with Crippen LogP contribution in [-0.4, -0.2) is 46.3 Å². The molecule has 2 fully saturated rings. The van der Waals surface area contributed by atoms with Crippen LogP contribution in [0.5, 0.6) is 0 Å². The van der Waals surface area contributed by atoms with Crippen LogP contribution in [0.4, 0.5) is 0 Å². The molecule has 96 valence electrons. The predicted octanol–water partition coefficient (Wildman–Crippen LogP) is 0.319. The van der Waals surface area contributed by atoms with Gasteiger partial charge in [0.1, 0.15) is 0 Å². The average molecular weight is 270 g/mol. The zero-order chi connectivity index (χ0) is 12.9. The maximum absolute atomic E-state index is 12.2. The Morgan fingerprint density at radius 1 is 1.56 bits per heavy atom. The van der Waals surface area contributed by atoms with Gasteiger partial charge < -0.3 is 9.64 Å². The highest BCUT2D eigenvalue weighted by molar-refractivity contribution is 6.33. The van der Waals surface area contributed by atoms with Crippen LogP contribution < -0.4 is 0 Å². The van der Waals surface area contributed by atoms with E-state index in [1.165, 1.54) is 4.68 Å². The first-order valence-corrected chi connectivity index (χ1v) is 6.09. The molecule has 1 amide bonds. The van der Waals surface area contributed by atoms with Gasteiger partial charge in [0, 0.05) is 32.3 Å². The molecule has 2 atom stereocenters. The summed E-state index contributed by atoms with van der Waals surface area (Å²) in [6, 6.07) is 0. The van der Waals surface area contributed by atoms with Gasteiger partial charge in [-0.15, -0.1) is 0 Å². The molecule has 0 N–H and O–H groups in total. The minimum absolute atomic E-state index is 0.115. The Morgan fingerprint density at radius 2 is 2.33 bits per heavy atom. The molecular weight excluding hydrogens is 258 g/mol. The van der Waals surface area contributed by atoms with Crippen molar-refractivity contribution in [3.63, 3.8) is 0 Å². The van der Waals surface area contributed by atoms with Crippen LogP contribution in [0.25, 0.3) is 0 Å². The molecule has 2 saturated heterocycles. The van der Waals surface area contributed by atoms with Gasteiger partial charge in [-0.25, -0.2) is 0 Å². The summed E-state index contributed by atoms with van der Waals surface area (Å²) < 4.78 is 6.46. The van der Waals surface area contributed by atoms with Gasteiger partial charge in [-0.2, -0.15) is 5.10 Å². The summed E-state index contributed by atoms with van der Waals surface area (Å²) in [5.41, 5.74) is 0.243. The number of rotatable bonds is 1. The molecule has 2 aliphatic rings. The molecule has 0 spiro atoms. The zero-order valence-corrected chi connectivity index (χ0v) is 10.6. The largest absolute Gasteiger partial charge is 0.465 e. The second kappa shape index (κ2) is 3.98. The maximum atomic E-state index is 12.2. The van der Waals surface area contributed by atoms with Gasteiger partial charge in [-0.05, 0) is 0 Å².